The van der Waals surface area contributed by atoms with Crippen molar-refractivity contribution in [3.05, 3.63) is 41.5 Å². The van der Waals surface area contributed by atoms with E-state index in [0.29, 0.717) is 23.9 Å². The zero-order valence-corrected chi connectivity index (χ0v) is 12.3. The van der Waals surface area contributed by atoms with E-state index < -0.39 is 0 Å². The van der Waals surface area contributed by atoms with Gasteiger partial charge in [0.05, 0.1) is 11.3 Å². The molecule has 1 atom stereocenters. The summed E-state index contributed by atoms with van der Waals surface area (Å²) in [6.45, 7) is 5.24. The van der Waals surface area contributed by atoms with Gasteiger partial charge in [-0.1, -0.05) is 0 Å². The Labute approximate surface area is 123 Å². The molecule has 0 fully saturated rings. The first kappa shape index (κ1) is 13.7. The fourth-order valence-corrected chi connectivity index (χ4v) is 2.74. The zero-order chi connectivity index (χ0) is 14.8. The molecule has 0 aliphatic carbocycles. The molecule has 6 nitrogen and oxygen atoms in total. The van der Waals surface area contributed by atoms with Crippen LogP contribution in [0, 0.1) is 19.8 Å². The van der Waals surface area contributed by atoms with E-state index >= 15 is 0 Å². The number of fused-ring (bicyclic) bond motifs is 1. The number of carbonyl (C=O) groups is 1. The van der Waals surface area contributed by atoms with Gasteiger partial charge in [0, 0.05) is 38.1 Å². The van der Waals surface area contributed by atoms with Gasteiger partial charge >= 0.3 is 0 Å². The molecular weight excluding hydrogens is 266 g/mol. The quantitative estimate of drug-likeness (QED) is 0.922. The van der Waals surface area contributed by atoms with E-state index in [0.717, 1.165) is 30.9 Å². The van der Waals surface area contributed by atoms with Crippen LogP contribution >= 0.6 is 0 Å². The molecule has 110 valence electrons. The van der Waals surface area contributed by atoms with Crippen LogP contribution in [0.1, 0.15) is 34.1 Å². The van der Waals surface area contributed by atoms with Gasteiger partial charge < -0.3 is 9.88 Å². The molecule has 1 N–H and O–H groups in total. The molecular formula is C15H19N5O. The van der Waals surface area contributed by atoms with E-state index in [1.54, 1.807) is 6.20 Å². The maximum absolute atomic E-state index is 12.2. The summed E-state index contributed by atoms with van der Waals surface area (Å²) in [7, 11) is 0. The van der Waals surface area contributed by atoms with E-state index in [-0.39, 0.29) is 5.91 Å². The number of amides is 1. The van der Waals surface area contributed by atoms with Crippen molar-refractivity contribution in [2.45, 2.75) is 33.2 Å². The topological polar surface area (TPSA) is 72.7 Å². The highest BCUT2D eigenvalue weighted by molar-refractivity contribution is 5.94. The number of hydrogen-bond acceptors (Lipinski definition) is 4. The van der Waals surface area contributed by atoms with Crippen molar-refractivity contribution >= 4 is 5.91 Å². The lowest BCUT2D eigenvalue weighted by molar-refractivity contribution is 0.0942. The van der Waals surface area contributed by atoms with Crippen LogP contribution in [0.15, 0.2) is 18.6 Å². The van der Waals surface area contributed by atoms with E-state index in [1.807, 2.05) is 26.2 Å². The second-order valence-electron chi connectivity index (χ2n) is 5.53. The Hall–Kier alpha value is -2.24. The molecule has 0 saturated heterocycles. The summed E-state index contributed by atoms with van der Waals surface area (Å²) in [5, 5.41) is 3.00. The van der Waals surface area contributed by atoms with Gasteiger partial charge in [-0.15, -0.1) is 0 Å². The molecule has 2 aromatic heterocycles. The highest BCUT2D eigenvalue weighted by Gasteiger charge is 2.20. The minimum absolute atomic E-state index is 0.0936. The number of rotatable bonds is 3. The van der Waals surface area contributed by atoms with Crippen molar-refractivity contribution < 1.29 is 4.79 Å². The van der Waals surface area contributed by atoms with Gasteiger partial charge in [0.1, 0.15) is 11.6 Å². The Morgan fingerprint density at radius 2 is 2.29 bits per heavy atom. The van der Waals surface area contributed by atoms with Gasteiger partial charge in [0.2, 0.25) is 0 Å². The molecule has 1 aliphatic rings. The van der Waals surface area contributed by atoms with E-state index in [2.05, 4.69) is 24.8 Å². The predicted octanol–water partition coefficient (Wildman–Crippen LogP) is 1.28. The summed E-state index contributed by atoms with van der Waals surface area (Å²) in [6, 6.07) is 0. The van der Waals surface area contributed by atoms with E-state index in [4.69, 9.17) is 0 Å². The summed E-state index contributed by atoms with van der Waals surface area (Å²) in [5.41, 5.74) is 1.28. The molecule has 1 aliphatic heterocycles. The highest BCUT2D eigenvalue weighted by atomic mass is 16.1. The number of aromatic nitrogens is 4. The van der Waals surface area contributed by atoms with Crippen LogP contribution in [-0.2, 0) is 13.0 Å². The fourth-order valence-electron chi connectivity index (χ4n) is 2.74. The first-order valence-corrected chi connectivity index (χ1v) is 7.22. The van der Waals surface area contributed by atoms with Crippen LogP contribution in [0.2, 0.25) is 0 Å². The SMILES string of the molecule is Cc1ncc(C(=O)NCC2CCc3nccn3C2)c(C)n1. The lowest BCUT2D eigenvalue weighted by Crippen LogP contribution is -2.34. The van der Waals surface area contributed by atoms with Gasteiger partial charge in [-0.2, -0.15) is 0 Å². The molecule has 0 saturated carbocycles. The Balaban J connectivity index is 1.59. The Morgan fingerprint density at radius 3 is 3.10 bits per heavy atom. The maximum atomic E-state index is 12.2. The van der Waals surface area contributed by atoms with Gasteiger partial charge in [0.25, 0.3) is 5.91 Å². The zero-order valence-electron chi connectivity index (χ0n) is 12.3. The van der Waals surface area contributed by atoms with Gasteiger partial charge in [-0.25, -0.2) is 15.0 Å². The molecule has 3 rings (SSSR count). The first-order chi connectivity index (χ1) is 10.1. The molecule has 0 bridgehead atoms. The van der Waals surface area contributed by atoms with Crippen molar-refractivity contribution in [2.24, 2.45) is 5.92 Å². The van der Waals surface area contributed by atoms with E-state index in [9.17, 15) is 4.79 Å². The van der Waals surface area contributed by atoms with Crippen molar-refractivity contribution in [1.29, 1.82) is 0 Å². The third-order valence-corrected chi connectivity index (χ3v) is 3.93. The minimum atomic E-state index is -0.0936. The van der Waals surface area contributed by atoms with Crippen molar-refractivity contribution in [3.63, 3.8) is 0 Å². The van der Waals surface area contributed by atoms with Crippen molar-refractivity contribution in [1.82, 2.24) is 24.8 Å². The maximum Gasteiger partial charge on any atom is 0.254 e. The predicted molar refractivity (Wildman–Crippen MR) is 77.9 cm³/mol. The largest absolute Gasteiger partial charge is 0.352 e. The molecule has 0 aromatic carbocycles. The smallest absolute Gasteiger partial charge is 0.254 e. The molecule has 1 amide bonds. The molecule has 3 heterocycles. The van der Waals surface area contributed by atoms with Crippen LogP contribution in [0.4, 0.5) is 0 Å². The third-order valence-electron chi connectivity index (χ3n) is 3.93. The first-order valence-electron chi connectivity index (χ1n) is 7.22. The lowest BCUT2D eigenvalue weighted by atomic mass is 9.99. The lowest BCUT2D eigenvalue weighted by Gasteiger charge is -2.24. The van der Waals surface area contributed by atoms with Gasteiger partial charge in [-0.3, -0.25) is 4.79 Å². The number of nitrogens with zero attached hydrogens (tertiary/aromatic N) is 4. The third kappa shape index (κ3) is 2.94. The number of aryl methyl sites for hydroxylation is 3. The van der Waals surface area contributed by atoms with Crippen molar-refractivity contribution in [3.8, 4) is 0 Å². The Morgan fingerprint density at radius 1 is 1.43 bits per heavy atom. The van der Waals surface area contributed by atoms with Crippen LogP contribution < -0.4 is 5.32 Å². The second-order valence-corrected chi connectivity index (χ2v) is 5.53. The Bertz CT molecular complexity index is 664. The van der Waals surface area contributed by atoms with Crippen LogP contribution in [0.5, 0.6) is 0 Å². The number of nitrogens with one attached hydrogen (secondary N) is 1. The molecule has 0 radical (unpaired) electrons. The monoisotopic (exact) mass is 285 g/mol. The molecule has 1 unspecified atom stereocenters. The minimum Gasteiger partial charge on any atom is -0.352 e. The Kier molecular flexibility index (Phi) is 3.68. The van der Waals surface area contributed by atoms with Gasteiger partial charge in [0.15, 0.2) is 0 Å². The van der Waals surface area contributed by atoms with Crippen LogP contribution in [0.25, 0.3) is 0 Å². The van der Waals surface area contributed by atoms with E-state index in [1.165, 1.54) is 0 Å². The molecule has 6 heteroatoms. The number of imidazole rings is 1. The average Bonchev–Trinajstić information content (AvgIpc) is 2.92. The summed E-state index contributed by atoms with van der Waals surface area (Å²) in [6.07, 6.45) is 7.47. The van der Waals surface area contributed by atoms with Crippen LogP contribution in [-0.4, -0.2) is 32.0 Å². The van der Waals surface area contributed by atoms with Crippen LogP contribution in [0.3, 0.4) is 0 Å². The second kappa shape index (κ2) is 5.63. The summed E-state index contributed by atoms with van der Waals surface area (Å²) in [5.74, 6) is 2.18. The summed E-state index contributed by atoms with van der Waals surface area (Å²) >= 11 is 0. The summed E-state index contributed by atoms with van der Waals surface area (Å²) in [4.78, 5) is 24.8. The normalized spacial score (nSPS) is 17.3. The average molecular weight is 285 g/mol. The molecule has 21 heavy (non-hydrogen) atoms. The fraction of sp³-hybridized carbons (Fsp3) is 0.467. The van der Waals surface area contributed by atoms with Crippen molar-refractivity contribution in [2.75, 3.05) is 6.54 Å². The summed E-state index contributed by atoms with van der Waals surface area (Å²) < 4.78 is 2.17. The molecule has 0 spiro atoms. The standard InChI is InChI=1S/C15H19N5O/c1-10-13(8-17-11(2)19-10)15(21)18-7-12-3-4-14-16-5-6-20(14)9-12/h5-6,8,12H,3-4,7,9H2,1-2H3,(H,18,21). The number of carbonyl (C=O) groups excluding carboxylic acids is 1. The number of hydrogen-bond donors (Lipinski definition) is 1. The van der Waals surface area contributed by atoms with Gasteiger partial charge in [-0.05, 0) is 26.2 Å². The highest BCUT2D eigenvalue weighted by Crippen LogP contribution is 2.18. The molecule has 2 aromatic rings.